The highest BCUT2D eigenvalue weighted by molar-refractivity contribution is 7.59. The van der Waals surface area contributed by atoms with E-state index in [0.29, 0.717) is 28.9 Å². The third kappa shape index (κ3) is 6.48. The molecule has 1 aliphatic rings. The summed E-state index contributed by atoms with van der Waals surface area (Å²) in [6.45, 7) is 3.74. The average molecular weight is 504 g/mol. The van der Waals surface area contributed by atoms with Gasteiger partial charge >= 0.3 is 5.97 Å². The molecular formula is C26H30FNO6S. The van der Waals surface area contributed by atoms with Crippen LogP contribution >= 0.6 is 13.5 Å². The predicted molar refractivity (Wildman–Crippen MR) is 133 cm³/mol. The molecule has 7 nitrogen and oxygen atoms in total. The number of aromatic nitrogens is 1. The van der Waals surface area contributed by atoms with Gasteiger partial charge < -0.3 is 23.8 Å². The van der Waals surface area contributed by atoms with Gasteiger partial charge in [-0.2, -0.15) is 13.5 Å². The van der Waals surface area contributed by atoms with Crippen molar-refractivity contribution in [2.75, 3.05) is 7.11 Å². The number of aliphatic carboxylic acids is 1. The first-order valence-corrected chi connectivity index (χ1v) is 11.3. The molecule has 0 radical (unpaired) electrons. The SMILES string of the molecule is COc1ccc(F)c(-c2onc(COc3cccc([C@@H](CC(=O)O)C4CC4)c3)c2OC(C)C)c1.S. The van der Waals surface area contributed by atoms with Crippen LogP contribution < -0.4 is 14.2 Å². The lowest BCUT2D eigenvalue weighted by Crippen LogP contribution is -2.09. The second-order valence-corrected chi connectivity index (χ2v) is 8.70. The molecule has 3 aromatic rings. The van der Waals surface area contributed by atoms with Gasteiger partial charge in [0.1, 0.15) is 23.9 Å². The monoisotopic (exact) mass is 503 g/mol. The third-order valence-corrected chi connectivity index (χ3v) is 5.73. The van der Waals surface area contributed by atoms with E-state index < -0.39 is 11.8 Å². The number of hydrogen-bond donors (Lipinski definition) is 1. The molecule has 1 N–H and O–H groups in total. The van der Waals surface area contributed by atoms with Crippen LogP contribution in [0.15, 0.2) is 47.0 Å². The molecule has 1 fully saturated rings. The molecule has 1 saturated carbocycles. The normalized spacial score (nSPS) is 13.7. The Kier molecular flexibility index (Phi) is 8.67. The van der Waals surface area contributed by atoms with E-state index in [2.05, 4.69) is 5.16 Å². The van der Waals surface area contributed by atoms with Gasteiger partial charge in [-0.3, -0.25) is 4.79 Å². The molecule has 4 rings (SSSR count). The van der Waals surface area contributed by atoms with Gasteiger partial charge in [0.05, 0.1) is 25.2 Å². The van der Waals surface area contributed by atoms with E-state index >= 15 is 0 Å². The van der Waals surface area contributed by atoms with E-state index in [-0.39, 0.29) is 49.9 Å². The first-order valence-electron chi connectivity index (χ1n) is 11.3. The fourth-order valence-corrected chi connectivity index (χ4v) is 3.97. The number of ether oxygens (including phenoxy) is 3. The zero-order valence-electron chi connectivity index (χ0n) is 19.9. The summed E-state index contributed by atoms with van der Waals surface area (Å²) in [5.41, 5.74) is 1.51. The van der Waals surface area contributed by atoms with Crippen LogP contribution in [0.5, 0.6) is 17.2 Å². The second kappa shape index (κ2) is 11.5. The van der Waals surface area contributed by atoms with E-state index in [1.165, 1.54) is 25.3 Å². The van der Waals surface area contributed by atoms with Crippen LogP contribution in [0.4, 0.5) is 4.39 Å². The van der Waals surface area contributed by atoms with Crippen molar-refractivity contribution in [3.63, 3.8) is 0 Å². The average Bonchev–Trinajstić information content (AvgIpc) is 3.58. The zero-order valence-corrected chi connectivity index (χ0v) is 20.9. The summed E-state index contributed by atoms with van der Waals surface area (Å²) in [7, 11) is 1.50. The second-order valence-electron chi connectivity index (χ2n) is 8.70. The topological polar surface area (TPSA) is 91.0 Å². The van der Waals surface area contributed by atoms with Crippen LogP contribution in [-0.2, 0) is 11.4 Å². The molecule has 9 heteroatoms. The molecule has 1 atom stereocenters. The lowest BCUT2D eigenvalue weighted by atomic mass is 9.91. The Morgan fingerprint density at radius 2 is 1.97 bits per heavy atom. The van der Waals surface area contributed by atoms with Gasteiger partial charge in [-0.15, -0.1) is 0 Å². The summed E-state index contributed by atoms with van der Waals surface area (Å²) in [5.74, 6) is 0.594. The lowest BCUT2D eigenvalue weighted by Gasteiger charge is -2.16. The van der Waals surface area contributed by atoms with E-state index in [9.17, 15) is 14.3 Å². The fraction of sp³-hybridized carbons (Fsp3) is 0.385. The Hall–Kier alpha value is -3.20. The van der Waals surface area contributed by atoms with Crippen molar-refractivity contribution in [2.24, 2.45) is 5.92 Å². The highest BCUT2D eigenvalue weighted by atomic mass is 32.1. The van der Waals surface area contributed by atoms with E-state index in [0.717, 1.165) is 18.4 Å². The van der Waals surface area contributed by atoms with Crippen LogP contribution in [0.1, 0.15) is 50.3 Å². The quantitative estimate of drug-likeness (QED) is 0.346. The van der Waals surface area contributed by atoms with Crippen molar-refractivity contribution in [1.29, 1.82) is 0 Å². The van der Waals surface area contributed by atoms with Crippen LogP contribution in [-0.4, -0.2) is 29.4 Å². The van der Waals surface area contributed by atoms with Gasteiger partial charge in [0.15, 0.2) is 11.4 Å². The number of hydrogen-bond acceptors (Lipinski definition) is 6. The first kappa shape index (κ1) is 26.4. The summed E-state index contributed by atoms with van der Waals surface area (Å²) >= 11 is 0. The molecule has 0 bridgehead atoms. The number of carboxylic acids is 1. The Bertz CT molecular complexity index is 1160. The number of rotatable bonds is 11. The number of halogens is 1. The highest BCUT2D eigenvalue weighted by Gasteiger charge is 2.34. The molecule has 35 heavy (non-hydrogen) atoms. The molecular weight excluding hydrogens is 473 g/mol. The Balaban J connectivity index is 0.00000342. The molecule has 1 aromatic heterocycles. The van der Waals surface area contributed by atoms with Crippen LogP contribution in [0, 0.1) is 11.7 Å². The fourth-order valence-electron chi connectivity index (χ4n) is 3.97. The number of nitrogens with zero attached hydrogens (tertiary/aromatic N) is 1. The maximum absolute atomic E-state index is 14.6. The molecule has 0 amide bonds. The maximum atomic E-state index is 14.6. The molecule has 2 aromatic carbocycles. The highest BCUT2D eigenvalue weighted by Crippen LogP contribution is 2.45. The molecule has 1 heterocycles. The number of benzene rings is 2. The van der Waals surface area contributed by atoms with Crippen molar-refractivity contribution in [3.05, 3.63) is 59.5 Å². The van der Waals surface area contributed by atoms with Crippen molar-refractivity contribution >= 4 is 19.5 Å². The minimum Gasteiger partial charge on any atom is -0.497 e. The standard InChI is InChI=1S/C26H28FNO6.H2S/c1-15(2)33-26-23(28-34-25(26)21-12-18(31-3)9-10-22(21)27)14-32-19-6-4-5-17(11-19)20(13-24(29)30)16-7-8-16;/h4-6,9-12,15-16,20H,7-8,13-14H2,1-3H3,(H,29,30);1H2/t20-;/m0./s1. The maximum Gasteiger partial charge on any atom is 0.303 e. The third-order valence-electron chi connectivity index (χ3n) is 5.73. The minimum absolute atomic E-state index is 0. The van der Waals surface area contributed by atoms with E-state index in [1.54, 1.807) is 6.07 Å². The van der Waals surface area contributed by atoms with Crippen LogP contribution in [0.2, 0.25) is 0 Å². The smallest absolute Gasteiger partial charge is 0.303 e. The first-order chi connectivity index (χ1) is 16.4. The van der Waals surface area contributed by atoms with Gasteiger partial charge in [-0.05, 0) is 74.4 Å². The number of methoxy groups -OCH3 is 1. The molecule has 0 unspecified atom stereocenters. The summed E-state index contributed by atoms with van der Waals surface area (Å²) in [4.78, 5) is 11.3. The van der Waals surface area contributed by atoms with Gasteiger partial charge in [0, 0.05) is 0 Å². The van der Waals surface area contributed by atoms with Crippen molar-refractivity contribution < 1.29 is 33.0 Å². The number of carboxylic acid groups (broad SMARTS) is 1. The van der Waals surface area contributed by atoms with Crippen molar-refractivity contribution in [2.45, 2.75) is 51.7 Å². The molecule has 0 spiro atoms. The summed E-state index contributed by atoms with van der Waals surface area (Å²) in [6, 6.07) is 11.8. The van der Waals surface area contributed by atoms with E-state index in [4.69, 9.17) is 18.7 Å². The molecule has 188 valence electrons. The molecule has 0 saturated heterocycles. The predicted octanol–water partition coefficient (Wildman–Crippen LogP) is 5.94. The van der Waals surface area contributed by atoms with Gasteiger partial charge in [0.2, 0.25) is 5.76 Å². The van der Waals surface area contributed by atoms with Crippen LogP contribution in [0.25, 0.3) is 11.3 Å². The van der Waals surface area contributed by atoms with E-state index in [1.807, 2.05) is 32.0 Å². The van der Waals surface area contributed by atoms with Crippen LogP contribution in [0.3, 0.4) is 0 Å². The largest absolute Gasteiger partial charge is 0.497 e. The Morgan fingerprint density at radius 1 is 1.20 bits per heavy atom. The summed E-state index contributed by atoms with van der Waals surface area (Å²) in [5, 5.41) is 13.4. The minimum atomic E-state index is -0.807. The van der Waals surface area contributed by atoms with Crippen molar-refractivity contribution in [1.82, 2.24) is 5.16 Å². The number of carbonyl (C=O) groups is 1. The molecule has 1 aliphatic carbocycles. The van der Waals surface area contributed by atoms with Gasteiger partial charge in [0.25, 0.3) is 0 Å². The zero-order chi connectivity index (χ0) is 24.2. The van der Waals surface area contributed by atoms with Crippen molar-refractivity contribution in [3.8, 4) is 28.6 Å². The Labute approximate surface area is 210 Å². The van der Waals surface area contributed by atoms with Gasteiger partial charge in [-0.1, -0.05) is 17.3 Å². The summed E-state index contributed by atoms with van der Waals surface area (Å²) in [6.07, 6.45) is 1.98. The van der Waals surface area contributed by atoms with Gasteiger partial charge in [-0.25, -0.2) is 4.39 Å². The molecule has 0 aliphatic heterocycles. The summed E-state index contributed by atoms with van der Waals surface area (Å²) < 4.78 is 37.2. The Morgan fingerprint density at radius 3 is 2.63 bits per heavy atom. The lowest BCUT2D eigenvalue weighted by molar-refractivity contribution is -0.137.